The number of carbonyl (C=O) groups excluding carboxylic acids is 1. The van der Waals surface area contributed by atoms with Crippen LogP contribution in [0.2, 0.25) is 10.0 Å². The molecule has 1 aromatic heterocycles. The van der Waals surface area contributed by atoms with Gasteiger partial charge in [0.05, 0.1) is 34.1 Å². The van der Waals surface area contributed by atoms with Gasteiger partial charge < -0.3 is 10.5 Å². The molecular weight excluding hydrogens is 359 g/mol. The summed E-state index contributed by atoms with van der Waals surface area (Å²) in [6.45, 7) is 0. The average Bonchev–Trinajstić information content (AvgIpc) is 2.64. The smallest absolute Gasteiger partial charge is 0.153 e. The molecule has 0 saturated heterocycles. The molecule has 25 heavy (non-hydrogen) atoms. The first-order valence-electron chi connectivity index (χ1n) is 7.39. The molecule has 0 spiro atoms. The van der Waals surface area contributed by atoms with Gasteiger partial charge in [0, 0.05) is 22.9 Å². The van der Waals surface area contributed by atoms with Crippen molar-refractivity contribution in [2.45, 2.75) is 0 Å². The molecule has 0 radical (unpaired) electrons. The Morgan fingerprint density at radius 1 is 1.08 bits per heavy atom. The highest BCUT2D eigenvalue weighted by Gasteiger charge is 2.15. The van der Waals surface area contributed by atoms with Crippen molar-refractivity contribution in [1.82, 2.24) is 4.98 Å². The average molecular weight is 373 g/mol. The molecule has 2 aromatic carbocycles. The molecule has 6 heteroatoms. The molecule has 1 heterocycles. The third-order valence-corrected chi connectivity index (χ3v) is 4.65. The van der Waals surface area contributed by atoms with E-state index in [0.717, 1.165) is 23.0 Å². The van der Waals surface area contributed by atoms with Gasteiger partial charge in [0.2, 0.25) is 0 Å². The second-order valence-electron chi connectivity index (χ2n) is 5.30. The zero-order valence-electron chi connectivity index (χ0n) is 13.3. The minimum Gasteiger partial charge on any atom is -0.496 e. The summed E-state index contributed by atoms with van der Waals surface area (Å²) in [5.74, 6) is 0.456. The van der Waals surface area contributed by atoms with E-state index >= 15 is 0 Å². The van der Waals surface area contributed by atoms with Crippen LogP contribution in [0.5, 0.6) is 5.75 Å². The highest BCUT2D eigenvalue weighted by molar-refractivity contribution is 6.39. The minimum absolute atomic E-state index is 0.440. The molecule has 0 aliphatic carbocycles. The van der Waals surface area contributed by atoms with E-state index in [1.54, 1.807) is 36.5 Å². The van der Waals surface area contributed by atoms with Crippen LogP contribution >= 0.6 is 23.2 Å². The van der Waals surface area contributed by atoms with Crippen LogP contribution in [0.4, 0.5) is 5.69 Å². The quantitative estimate of drug-likeness (QED) is 0.509. The van der Waals surface area contributed by atoms with Gasteiger partial charge in [-0.1, -0.05) is 41.4 Å². The second-order valence-corrected chi connectivity index (χ2v) is 6.06. The van der Waals surface area contributed by atoms with E-state index in [-0.39, 0.29) is 0 Å². The Bertz CT molecular complexity index is 958. The van der Waals surface area contributed by atoms with E-state index < -0.39 is 0 Å². The lowest BCUT2D eigenvalue weighted by Gasteiger charge is -2.12. The Balaban J connectivity index is 2.17. The fraction of sp³-hybridized carbons (Fsp3) is 0.0526. The Labute approximate surface area is 155 Å². The number of hydrogen-bond donors (Lipinski definition) is 1. The monoisotopic (exact) mass is 372 g/mol. The Morgan fingerprint density at radius 3 is 2.56 bits per heavy atom. The lowest BCUT2D eigenvalue weighted by molar-refractivity contribution is 0.112. The molecular formula is C19H14Cl2N2O2. The van der Waals surface area contributed by atoms with Gasteiger partial charge in [-0.25, -0.2) is 0 Å². The molecule has 0 bridgehead atoms. The maximum Gasteiger partial charge on any atom is 0.153 e. The molecule has 0 unspecified atom stereocenters. The van der Waals surface area contributed by atoms with Gasteiger partial charge in [-0.3, -0.25) is 9.78 Å². The zero-order valence-corrected chi connectivity index (χ0v) is 14.8. The number of benzene rings is 2. The fourth-order valence-electron chi connectivity index (χ4n) is 2.57. The van der Waals surface area contributed by atoms with Crippen LogP contribution in [-0.4, -0.2) is 18.4 Å². The number of nitrogen functional groups attached to an aromatic ring is 1. The molecule has 4 nitrogen and oxygen atoms in total. The van der Waals surface area contributed by atoms with Gasteiger partial charge in [-0.15, -0.1) is 0 Å². The molecule has 126 valence electrons. The van der Waals surface area contributed by atoms with Gasteiger partial charge in [0.15, 0.2) is 6.29 Å². The van der Waals surface area contributed by atoms with E-state index in [1.165, 1.54) is 7.11 Å². The van der Waals surface area contributed by atoms with Crippen LogP contribution in [0.25, 0.3) is 22.4 Å². The van der Waals surface area contributed by atoms with Gasteiger partial charge in [0.25, 0.3) is 0 Å². The number of halogens is 2. The number of methoxy groups -OCH3 is 1. The van der Waals surface area contributed by atoms with Crippen molar-refractivity contribution in [3.8, 4) is 28.1 Å². The number of pyridine rings is 1. The lowest BCUT2D eigenvalue weighted by atomic mass is 10.0. The molecule has 0 aliphatic rings. The summed E-state index contributed by atoms with van der Waals surface area (Å²) in [5, 5.41) is 0.881. The number of carbonyl (C=O) groups is 1. The summed E-state index contributed by atoms with van der Waals surface area (Å²) in [6.07, 6.45) is 2.39. The molecule has 0 fully saturated rings. The largest absolute Gasteiger partial charge is 0.496 e. The lowest BCUT2D eigenvalue weighted by Crippen LogP contribution is -1.94. The predicted octanol–water partition coefficient (Wildman–Crippen LogP) is 5.13. The van der Waals surface area contributed by atoms with Crippen molar-refractivity contribution in [3.63, 3.8) is 0 Å². The number of nitrogens with two attached hydrogens (primary N) is 1. The van der Waals surface area contributed by atoms with E-state index in [4.69, 9.17) is 33.7 Å². The number of ether oxygens (including phenoxy) is 1. The Kier molecular flexibility index (Phi) is 4.93. The molecule has 0 atom stereocenters. The second kappa shape index (κ2) is 7.13. The highest BCUT2D eigenvalue weighted by Crippen LogP contribution is 2.40. The van der Waals surface area contributed by atoms with Crippen LogP contribution in [0.3, 0.4) is 0 Å². The van der Waals surface area contributed by atoms with E-state index in [9.17, 15) is 4.79 Å². The van der Waals surface area contributed by atoms with Gasteiger partial charge in [-0.05, 0) is 24.3 Å². The minimum atomic E-state index is 0.440. The molecule has 3 rings (SSSR count). The maximum absolute atomic E-state index is 11.1. The van der Waals surface area contributed by atoms with Crippen LogP contribution < -0.4 is 10.5 Å². The maximum atomic E-state index is 11.1. The predicted molar refractivity (Wildman–Crippen MR) is 101 cm³/mol. The summed E-state index contributed by atoms with van der Waals surface area (Å²) in [4.78, 5) is 15.4. The van der Waals surface area contributed by atoms with Gasteiger partial charge in [0.1, 0.15) is 5.75 Å². The zero-order chi connectivity index (χ0) is 18.0. The summed E-state index contributed by atoms with van der Waals surface area (Å²) in [6, 6.07) is 12.3. The first-order valence-corrected chi connectivity index (χ1v) is 8.15. The first-order chi connectivity index (χ1) is 12.1. The first kappa shape index (κ1) is 17.3. The topological polar surface area (TPSA) is 65.2 Å². The Morgan fingerprint density at radius 2 is 1.84 bits per heavy atom. The number of nitrogens with zero attached hydrogens (tertiary/aromatic N) is 1. The van der Waals surface area contributed by atoms with Crippen molar-refractivity contribution in [3.05, 3.63) is 64.3 Å². The number of hydrogen-bond acceptors (Lipinski definition) is 4. The number of anilines is 1. The number of aromatic nitrogens is 1. The molecule has 0 amide bonds. The molecule has 0 aliphatic heterocycles. The summed E-state index contributed by atoms with van der Waals surface area (Å²) >= 11 is 12.9. The van der Waals surface area contributed by atoms with Crippen LogP contribution in [0.15, 0.2) is 48.7 Å². The third-order valence-electron chi connectivity index (χ3n) is 3.84. The van der Waals surface area contributed by atoms with Crippen molar-refractivity contribution < 1.29 is 9.53 Å². The fourth-order valence-corrected chi connectivity index (χ4v) is 3.12. The van der Waals surface area contributed by atoms with Crippen LogP contribution in [-0.2, 0) is 0 Å². The van der Waals surface area contributed by atoms with E-state index in [1.807, 2.05) is 12.1 Å². The number of rotatable bonds is 4. The van der Waals surface area contributed by atoms with Crippen molar-refractivity contribution >= 4 is 35.2 Å². The Hall–Kier alpha value is -2.56. The van der Waals surface area contributed by atoms with Crippen molar-refractivity contribution in [2.24, 2.45) is 0 Å². The normalized spacial score (nSPS) is 10.5. The third kappa shape index (κ3) is 3.18. The number of aldehydes is 1. The van der Waals surface area contributed by atoms with Crippen LogP contribution in [0, 0.1) is 0 Å². The van der Waals surface area contributed by atoms with Crippen molar-refractivity contribution in [1.29, 1.82) is 0 Å². The summed E-state index contributed by atoms with van der Waals surface area (Å²) in [5.41, 5.74) is 9.57. The van der Waals surface area contributed by atoms with Crippen LogP contribution in [0.1, 0.15) is 10.4 Å². The molecule has 3 aromatic rings. The SMILES string of the molecule is COc1cc(-c2nccc(-c3cccc(N)c3Cl)c2Cl)ccc1C=O. The van der Waals surface area contributed by atoms with E-state index in [2.05, 4.69) is 4.98 Å². The highest BCUT2D eigenvalue weighted by atomic mass is 35.5. The van der Waals surface area contributed by atoms with E-state index in [0.29, 0.717) is 32.7 Å². The molecule has 0 saturated carbocycles. The summed E-state index contributed by atoms with van der Waals surface area (Å²) < 4.78 is 5.25. The standard InChI is InChI=1S/C19H14Cl2N2O2/c1-25-16-9-11(5-6-12(16)10-24)19-18(21)14(7-8-23-19)13-3-2-4-15(22)17(13)20/h2-10H,22H2,1H3. The van der Waals surface area contributed by atoms with Crippen molar-refractivity contribution in [2.75, 3.05) is 12.8 Å². The van der Waals surface area contributed by atoms with Gasteiger partial charge >= 0.3 is 0 Å². The molecule has 2 N–H and O–H groups in total. The van der Waals surface area contributed by atoms with Gasteiger partial charge in [-0.2, -0.15) is 0 Å². The summed E-state index contributed by atoms with van der Waals surface area (Å²) in [7, 11) is 1.50.